The van der Waals surface area contributed by atoms with Gasteiger partial charge in [-0.15, -0.1) is 0 Å². The molecule has 0 amide bonds. The van der Waals surface area contributed by atoms with Gasteiger partial charge in [-0.1, -0.05) is 6.07 Å². The van der Waals surface area contributed by atoms with Crippen LogP contribution in [0, 0.1) is 12.7 Å². The van der Waals surface area contributed by atoms with Gasteiger partial charge in [0.15, 0.2) is 0 Å². The van der Waals surface area contributed by atoms with Crippen LogP contribution in [0.5, 0.6) is 0 Å². The summed E-state index contributed by atoms with van der Waals surface area (Å²) in [5.74, 6) is -0.262. The van der Waals surface area contributed by atoms with Crippen LogP contribution in [0.1, 0.15) is 37.3 Å². The first-order chi connectivity index (χ1) is 8.49. The number of likely N-dealkylation sites (tertiary alicyclic amines) is 1. The largest absolute Gasteiger partial charge is 0.384 e. The quantitative estimate of drug-likeness (QED) is 0.871. The zero-order valence-corrected chi connectivity index (χ0v) is 11.0. The maximum absolute atomic E-state index is 13.4. The van der Waals surface area contributed by atoms with Crippen LogP contribution in [0.3, 0.4) is 0 Å². The lowest BCUT2D eigenvalue weighted by molar-refractivity contribution is 0.0442. The van der Waals surface area contributed by atoms with Crippen molar-refractivity contribution in [3.05, 3.63) is 35.1 Å². The summed E-state index contributed by atoms with van der Waals surface area (Å²) in [6, 6.07) is 5.73. The van der Waals surface area contributed by atoms with Crippen molar-refractivity contribution in [2.24, 2.45) is 0 Å². The fourth-order valence-corrected chi connectivity index (χ4v) is 3.31. The van der Waals surface area contributed by atoms with Crippen molar-refractivity contribution < 1.29 is 9.50 Å². The van der Waals surface area contributed by atoms with Gasteiger partial charge in [-0.2, -0.15) is 0 Å². The summed E-state index contributed by atoms with van der Waals surface area (Å²) in [5, 5.41) is 10.9. The second-order valence-electron chi connectivity index (χ2n) is 5.95. The Morgan fingerprint density at radius 1 is 1.39 bits per heavy atom. The van der Waals surface area contributed by atoms with E-state index in [0.29, 0.717) is 25.0 Å². The van der Waals surface area contributed by atoms with E-state index < -0.39 is 5.60 Å². The average molecular weight is 249 g/mol. The second-order valence-corrected chi connectivity index (χ2v) is 5.95. The second kappa shape index (κ2) is 4.04. The van der Waals surface area contributed by atoms with Gasteiger partial charge in [0.25, 0.3) is 0 Å². The number of rotatable bonds is 2. The zero-order valence-electron chi connectivity index (χ0n) is 11.0. The van der Waals surface area contributed by atoms with E-state index in [9.17, 15) is 9.50 Å². The molecule has 1 saturated heterocycles. The van der Waals surface area contributed by atoms with Crippen molar-refractivity contribution in [2.45, 2.75) is 50.8 Å². The smallest absolute Gasteiger partial charge is 0.123 e. The molecule has 0 bridgehead atoms. The highest BCUT2D eigenvalue weighted by molar-refractivity contribution is 5.33. The van der Waals surface area contributed by atoms with Gasteiger partial charge >= 0.3 is 0 Å². The molecule has 1 N–H and O–H groups in total. The first kappa shape index (κ1) is 12.1. The third-order valence-electron chi connectivity index (χ3n) is 4.36. The number of hydrogen-bond acceptors (Lipinski definition) is 2. The lowest BCUT2D eigenvalue weighted by atomic mass is 9.88. The molecule has 98 valence electrons. The monoisotopic (exact) mass is 249 g/mol. The van der Waals surface area contributed by atoms with Gasteiger partial charge in [-0.05, 0) is 56.4 Å². The van der Waals surface area contributed by atoms with Crippen molar-refractivity contribution in [1.82, 2.24) is 4.90 Å². The Morgan fingerprint density at radius 3 is 2.78 bits per heavy atom. The molecular formula is C15H20FNO. The number of nitrogens with zero attached hydrogens (tertiary/aromatic N) is 1. The summed E-state index contributed by atoms with van der Waals surface area (Å²) in [6.07, 6.45) is 3.18. The van der Waals surface area contributed by atoms with Crippen molar-refractivity contribution in [2.75, 3.05) is 6.54 Å². The Labute approximate surface area is 107 Å². The fourth-order valence-electron chi connectivity index (χ4n) is 3.31. The van der Waals surface area contributed by atoms with Gasteiger partial charge in [0.2, 0.25) is 0 Å². The molecule has 1 heterocycles. The van der Waals surface area contributed by atoms with E-state index in [1.54, 1.807) is 6.07 Å². The number of aliphatic hydroxyl groups is 1. The van der Waals surface area contributed by atoms with E-state index in [1.165, 1.54) is 25.0 Å². The van der Waals surface area contributed by atoms with E-state index in [4.69, 9.17) is 0 Å². The Morgan fingerprint density at radius 2 is 2.11 bits per heavy atom. The summed E-state index contributed by atoms with van der Waals surface area (Å²) in [6.45, 7) is 4.74. The zero-order chi connectivity index (χ0) is 12.9. The number of β-amino-alcohol motifs (C(OH)–C–C–N with tert-alkyl or cyclic N) is 1. The molecule has 2 aliphatic rings. The van der Waals surface area contributed by atoms with Crippen molar-refractivity contribution in [3.63, 3.8) is 0 Å². The molecule has 3 rings (SSSR count). The summed E-state index contributed by atoms with van der Waals surface area (Å²) < 4.78 is 13.4. The molecule has 1 aliphatic heterocycles. The molecule has 1 aromatic rings. The molecule has 1 saturated carbocycles. The summed E-state index contributed by atoms with van der Waals surface area (Å²) in [7, 11) is 0. The van der Waals surface area contributed by atoms with Crippen molar-refractivity contribution >= 4 is 0 Å². The highest BCUT2D eigenvalue weighted by atomic mass is 19.1. The van der Waals surface area contributed by atoms with Crippen LogP contribution in [-0.4, -0.2) is 28.6 Å². The molecule has 2 unspecified atom stereocenters. The molecule has 0 aromatic heterocycles. The molecule has 2 nitrogen and oxygen atoms in total. The third kappa shape index (κ3) is 1.95. The lowest BCUT2D eigenvalue weighted by Crippen LogP contribution is -2.33. The van der Waals surface area contributed by atoms with Crippen LogP contribution < -0.4 is 0 Å². The first-order valence-corrected chi connectivity index (χ1v) is 6.74. The van der Waals surface area contributed by atoms with Crippen LogP contribution in [-0.2, 0) is 5.60 Å². The molecule has 0 spiro atoms. The predicted octanol–water partition coefficient (Wildman–Crippen LogP) is 2.58. The molecular weight excluding hydrogens is 229 g/mol. The Balaban J connectivity index is 1.93. The SMILES string of the molecule is Cc1ccc(F)cc1C1(O)CC(C)N(C2CC2)C1. The van der Waals surface area contributed by atoms with Gasteiger partial charge < -0.3 is 5.11 Å². The van der Waals surface area contributed by atoms with E-state index in [-0.39, 0.29) is 5.82 Å². The van der Waals surface area contributed by atoms with Crippen LogP contribution in [0.2, 0.25) is 0 Å². The van der Waals surface area contributed by atoms with Crippen LogP contribution in [0.4, 0.5) is 4.39 Å². The molecule has 0 radical (unpaired) electrons. The van der Waals surface area contributed by atoms with Crippen LogP contribution >= 0.6 is 0 Å². The Hall–Kier alpha value is -0.930. The van der Waals surface area contributed by atoms with E-state index >= 15 is 0 Å². The first-order valence-electron chi connectivity index (χ1n) is 6.74. The lowest BCUT2D eigenvalue weighted by Gasteiger charge is -2.25. The van der Waals surface area contributed by atoms with Crippen molar-refractivity contribution in [3.8, 4) is 0 Å². The van der Waals surface area contributed by atoms with Crippen LogP contribution in [0.15, 0.2) is 18.2 Å². The fraction of sp³-hybridized carbons (Fsp3) is 0.600. The maximum atomic E-state index is 13.4. The number of aryl methyl sites for hydroxylation is 1. The summed E-state index contributed by atoms with van der Waals surface area (Å²) >= 11 is 0. The number of halogens is 1. The molecule has 2 fully saturated rings. The summed E-state index contributed by atoms with van der Waals surface area (Å²) in [5.41, 5.74) is 0.857. The van der Waals surface area contributed by atoms with Gasteiger partial charge in [-0.3, -0.25) is 4.90 Å². The minimum Gasteiger partial charge on any atom is -0.384 e. The molecule has 18 heavy (non-hydrogen) atoms. The van der Waals surface area contributed by atoms with Gasteiger partial charge in [0.05, 0.1) is 0 Å². The van der Waals surface area contributed by atoms with E-state index in [2.05, 4.69) is 11.8 Å². The minimum atomic E-state index is -0.881. The van der Waals surface area contributed by atoms with E-state index in [0.717, 1.165) is 11.1 Å². The minimum absolute atomic E-state index is 0.262. The maximum Gasteiger partial charge on any atom is 0.123 e. The topological polar surface area (TPSA) is 23.5 Å². The predicted molar refractivity (Wildman–Crippen MR) is 68.8 cm³/mol. The Bertz CT molecular complexity index is 472. The van der Waals surface area contributed by atoms with Crippen LogP contribution in [0.25, 0.3) is 0 Å². The third-order valence-corrected chi connectivity index (χ3v) is 4.36. The van der Waals surface area contributed by atoms with Gasteiger partial charge in [0.1, 0.15) is 11.4 Å². The molecule has 1 aliphatic carbocycles. The highest BCUT2D eigenvalue weighted by Gasteiger charge is 2.47. The van der Waals surface area contributed by atoms with Crippen molar-refractivity contribution in [1.29, 1.82) is 0 Å². The Kier molecular flexibility index (Phi) is 2.72. The molecule has 3 heteroatoms. The average Bonchev–Trinajstić information content (AvgIpc) is 3.09. The standard InChI is InChI=1S/C15H20FNO/c1-10-3-4-12(16)7-14(10)15(18)8-11(2)17(9-15)13-5-6-13/h3-4,7,11,13,18H,5-6,8-9H2,1-2H3. The van der Waals surface area contributed by atoms with Gasteiger partial charge in [-0.25, -0.2) is 4.39 Å². The molecule has 1 aromatic carbocycles. The molecule has 2 atom stereocenters. The normalized spacial score (nSPS) is 33.0. The van der Waals surface area contributed by atoms with Gasteiger partial charge in [0, 0.05) is 18.6 Å². The number of benzene rings is 1. The number of hydrogen-bond donors (Lipinski definition) is 1. The highest BCUT2D eigenvalue weighted by Crippen LogP contribution is 2.42. The summed E-state index contributed by atoms with van der Waals surface area (Å²) in [4.78, 5) is 2.38. The van der Waals surface area contributed by atoms with E-state index in [1.807, 2.05) is 6.92 Å².